The minimum atomic E-state index is -0.377. The Morgan fingerprint density at radius 3 is 2.33 bits per heavy atom. The topological polar surface area (TPSA) is 62.4 Å². The van der Waals surface area contributed by atoms with Crippen molar-refractivity contribution < 1.29 is 13.9 Å². The molecule has 0 aliphatic carbocycles. The van der Waals surface area contributed by atoms with Gasteiger partial charge in [-0.05, 0) is 73.6 Å². The Morgan fingerprint density at radius 1 is 1.08 bits per heavy atom. The molecule has 0 saturated carbocycles. The first-order valence-corrected chi connectivity index (χ1v) is 7.66. The average Bonchev–Trinajstić information content (AvgIpc) is 2.52. The summed E-state index contributed by atoms with van der Waals surface area (Å²) in [5, 5.41) is 2.99. The molecule has 0 saturated heterocycles. The molecule has 3 N–H and O–H groups in total. The number of rotatable bonds is 4. The quantitative estimate of drug-likeness (QED) is 0.586. The van der Waals surface area contributed by atoms with E-state index in [0.29, 0.717) is 11.4 Å². The monoisotopic (exact) mass is 347 g/mol. The Balaban J connectivity index is 1.74. The van der Waals surface area contributed by atoms with Gasteiger partial charge in [0.25, 0.3) is 5.91 Å². The van der Waals surface area contributed by atoms with Gasteiger partial charge < -0.3 is 10.1 Å². The van der Waals surface area contributed by atoms with Crippen LogP contribution >= 0.6 is 12.2 Å². The molecule has 0 aliphatic rings. The molecule has 0 atom stereocenters. The Labute approximate surface area is 145 Å². The van der Waals surface area contributed by atoms with Gasteiger partial charge in [-0.15, -0.1) is 0 Å². The second-order valence-electron chi connectivity index (χ2n) is 5.25. The van der Waals surface area contributed by atoms with Crippen LogP contribution in [0.1, 0.15) is 11.1 Å². The fourth-order valence-electron chi connectivity index (χ4n) is 2.02. The highest BCUT2D eigenvalue weighted by Gasteiger charge is 2.05. The maximum absolute atomic E-state index is 12.8. The fraction of sp³-hybridized carbons (Fsp3) is 0.176. The molecule has 2 aromatic carbocycles. The SMILES string of the molecule is Cc1cc(C)cc(OCC(=O)NNC(=S)Nc2ccc(F)cc2)c1. The van der Waals surface area contributed by atoms with Crippen LogP contribution in [0.4, 0.5) is 10.1 Å². The summed E-state index contributed by atoms with van der Waals surface area (Å²) in [6.07, 6.45) is 0. The Morgan fingerprint density at radius 2 is 1.71 bits per heavy atom. The van der Waals surface area contributed by atoms with E-state index >= 15 is 0 Å². The van der Waals surface area contributed by atoms with Crippen LogP contribution in [0.15, 0.2) is 42.5 Å². The molecule has 24 heavy (non-hydrogen) atoms. The largest absolute Gasteiger partial charge is 0.484 e. The second kappa shape index (κ2) is 8.26. The number of nitrogens with one attached hydrogen (secondary N) is 3. The molecule has 0 radical (unpaired) electrons. The third kappa shape index (κ3) is 5.85. The number of aryl methyl sites for hydroxylation is 2. The number of hydrogen-bond donors (Lipinski definition) is 3. The first-order valence-electron chi connectivity index (χ1n) is 7.25. The zero-order valence-electron chi connectivity index (χ0n) is 13.4. The number of ether oxygens (including phenoxy) is 1. The van der Waals surface area contributed by atoms with E-state index in [1.165, 1.54) is 24.3 Å². The van der Waals surface area contributed by atoms with Crippen LogP contribution in [-0.2, 0) is 4.79 Å². The van der Waals surface area contributed by atoms with Gasteiger partial charge in [-0.25, -0.2) is 4.39 Å². The van der Waals surface area contributed by atoms with Gasteiger partial charge in [0.2, 0.25) is 0 Å². The number of halogens is 1. The molecule has 1 amide bonds. The summed E-state index contributed by atoms with van der Waals surface area (Å²) >= 11 is 5.03. The third-order valence-corrected chi connectivity index (χ3v) is 3.19. The van der Waals surface area contributed by atoms with Crippen molar-refractivity contribution in [1.29, 1.82) is 0 Å². The van der Waals surface area contributed by atoms with Crippen LogP contribution in [0.25, 0.3) is 0 Å². The minimum Gasteiger partial charge on any atom is -0.484 e. The van der Waals surface area contributed by atoms with Crippen molar-refractivity contribution >= 4 is 28.9 Å². The lowest BCUT2D eigenvalue weighted by Crippen LogP contribution is -2.45. The lowest BCUT2D eigenvalue weighted by atomic mass is 10.1. The van der Waals surface area contributed by atoms with Crippen LogP contribution in [-0.4, -0.2) is 17.6 Å². The van der Waals surface area contributed by atoms with E-state index in [9.17, 15) is 9.18 Å². The Hall–Kier alpha value is -2.67. The van der Waals surface area contributed by atoms with Crippen molar-refractivity contribution in [3.63, 3.8) is 0 Å². The second-order valence-corrected chi connectivity index (χ2v) is 5.65. The first-order chi connectivity index (χ1) is 11.4. The number of carbonyl (C=O) groups excluding carboxylic acids is 1. The van der Waals surface area contributed by atoms with E-state index in [4.69, 9.17) is 17.0 Å². The van der Waals surface area contributed by atoms with Crippen LogP contribution < -0.4 is 20.9 Å². The number of thiocarbonyl (C=S) groups is 1. The number of hydrogen-bond acceptors (Lipinski definition) is 3. The van der Waals surface area contributed by atoms with Gasteiger partial charge in [0.15, 0.2) is 11.7 Å². The van der Waals surface area contributed by atoms with E-state index in [0.717, 1.165) is 11.1 Å². The zero-order chi connectivity index (χ0) is 17.5. The van der Waals surface area contributed by atoms with Gasteiger partial charge in [-0.3, -0.25) is 15.6 Å². The van der Waals surface area contributed by atoms with E-state index < -0.39 is 0 Å². The number of hydrazine groups is 1. The van der Waals surface area contributed by atoms with Gasteiger partial charge in [0, 0.05) is 5.69 Å². The molecule has 0 aromatic heterocycles. The fourth-order valence-corrected chi connectivity index (χ4v) is 2.19. The molecular weight excluding hydrogens is 329 g/mol. The molecular formula is C17H18FN3O2S. The van der Waals surface area contributed by atoms with Gasteiger partial charge in [0.1, 0.15) is 11.6 Å². The summed E-state index contributed by atoms with van der Waals surface area (Å²) in [7, 11) is 0. The highest BCUT2D eigenvalue weighted by Crippen LogP contribution is 2.15. The molecule has 0 spiro atoms. The molecule has 0 bridgehead atoms. The predicted molar refractivity (Wildman–Crippen MR) is 95.3 cm³/mol. The van der Waals surface area contributed by atoms with Crippen molar-refractivity contribution in [1.82, 2.24) is 10.9 Å². The number of carbonyl (C=O) groups is 1. The van der Waals surface area contributed by atoms with E-state index in [1.54, 1.807) is 0 Å². The lowest BCUT2D eigenvalue weighted by Gasteiger charge is -2.12. The molecule has 7 heteroatoms. The summed E-state index contributed by atoms with van der Waals surface area (Å²) in [6.45, 7) is 3.77. The van der Waals surface area contributed by atoms with Gasteiger partial charge in [0.05, 0.1) is 0 Å². The summed E-state index contributed by atoms with van der Waals surface area (Å²) in [4.78, 5) is 11.8. The molecule has 0 fully saturated rings. The van der Waals surface area contributed by atoms with Gasteiger partial charge in [-0.1, -0.05) is 6.07 Å². The molecule has 2 aromatic rings. The Kier molecular flexibility index (Phi) is 6.08. The normalized spacial score (nSPS) is 9.96. The first kappa shape index (κ1) is 17.7. The minimum absolute atomic E-state index is 0.144. The Bertz CT molecular complexity index is 715. The van der Waals surface area contributed by atoms with Crippen molar-refractivity contribution in [3.8, 4) is 5.75 Å². The molecule has 126 valence electrons. The highest BCUT2D eigenvalue weighted by atomic mass is 32.1. The van der Waals surface area contributed by atoms with Crippen LogP contribution in [0.2, 0.25) is 0 Å². The molecule has 2 rings (SSSR count). The van der Waals surface area contributed by atoms with E-state index in [-0.39, 0.29) is 23.4 Å². The van der Waals surface area contributed by atoms with Crippen LogP contribution in [0.5, 0.6) is 5.75 Å². The van der Waals surface area contributed by atoms with Crippen LogP contribution in [0.3, 0.4) is 0 Å². The van der Waals surface area contributed by atoms with Crippen LogP contribution in [0, 0.1) is 19.7 Å². The number of amides is 1. The number of benzene rings is 2. The summed E-state index contributed by atoms with van der Waals surface area (Å²) in [5.74, 6) is -0.0802. The number of anilines is 1. The average molecular weight is 347 g/mol. The third-order valence-electron chi connectivity index (χ3n) is 2.98. The molecule has 0 unspecified atom stereocenters. The van der Waals surface area contributed by atoms with Crippen molar-refractivity contribution in [2.45, 2.75) is 13.8 Å². The zero-order valence-corrected chi connectivity index (χ0v) is 14.2. The maximum atomic E-state index is 12.8. The lowest BCUT2D eigenvalue weighted by molar-refractivity contribution is -0.123. The van der Waals surface area contributed by atoms with Crippen molar-refractivity contribution in [3.05, 3.63) is 59.4 Å². The molecule has 0 aliphatic heterocycles. The van der Waals surface area contributed by atoms with E-state index in [1.807, 2.05) is 32.0 Å². The van der Waals surface area contributed by atoms with Gasteiger partial charge in [-0.2, -0.15) is 0 Å². The smallest absolute Gasteiger partial charge is 0.276 e. The standard InChI is InChI=1S/C17H18FN3O2S/c1-11-7-12(2)9-15(8-11)23-10-16(22)20-21-17(24)19-14-5-3-13(18)4-6-14/h3-9H,10H2,1-2H3,(H,20,22)(H2,19,21,24). The molecule has 0 heterocycles. The van der Waals surface area contributed by atoms with Gasteiger partial charge >= 0.3 is 0 Å². The summed E-state index contributed by atoms with van der Waals surface area (Å²) < 4.78 is 18.2. The predicted octanol–water partition coefficient (Wildman–Crippen LogP) is 2.84. The van der Waals surface area contributed by atoms with Crippen molar-refractivity contribution in [2.75, 3.05) is 11.9 Å². The summed E-state index contributed by atoms with van der Waals surface area (Å²) in [5.41, 5.74) is 7.71. The summed E-state index contributed by atoms with van der Waals surface area (Å²) in [6, 6.07) is 11.4. The highest BCUT2D eigenvalue weighted by molar-refractivity contribution is 7.80. The maximum Gasteiger partial charge on any atom is 0.276 e. The molecule has 5 nitrogen and oxygen atoms in total. The van der Waals surface area contributed by atoms with E-state index in [2.05, 4.69) is 16.2 Å². The van der Waals surface area contributed by atoms with Crippen molar-refractivity contribution in [2.24, 2.45) is 0 Å².